The fraction of sp³-hybridized carbons (Fsp3) is 0.538. The van der Waals surface area contributed by atoms with E-state index in [0.717, 1.165) is 18.1 Å². The normalized spacial score (nSPS) is 13.5. The maximum Gasteiger partial charge on any atom is 0.0444 e. The van der Waals surface area contributed by atoms with Gasteiger partial charge in [0.05, 0.1) is 0 Å². The van der Waals surface area contributed by atoms with Crippen LogP contribution in [-0.2, 0) is 13.1 Å². The average Bonchev–Trinajstić information content (AvgIpc) is 2.66. The number of benzene rings is 1. The Morgan fingerprint density at radius 1 is 1.13 bits per heavy atom. The molecule has 1 aromatic carbocycles. The first-order valence-corrected chi connectivity index (χ1v) is 6.08. The van der Waals surface area contributed by atoms with Gasteiger partial charge in [-0.2, -0.15) is 0 Å². The van der Waals surface area contributed by atoms with E-state index in [4.69, 9.17) is 11.6 Å². The van der Waals surface area contributed by atoms with E-state index >= 15 is 0 Å². The van der Waals surface area contributed by atoms with Gasteiger partial charge in [0.2, 0.25) is 0 Å². The molecule has 0 bridgehead atoms. The molecule has 1 aliphatic rings. The largest absolute Gasteiger partial charge is 0.309 e. The molecule has 1 N–H and O–H groups in total. The number of hydrogen-bond acceptors (Lipinski definition) is 1. The highest BCUT2D eigenvalue weighted by Crippen LogP contribution is 2.29. The molecular weight excluding hydrogens is 206 g/mol. The molecule has 0 spiro atoms. The minimum absolute atomic E-state index is 0.512. The van der Waals surface area contributed by atoms with Crippen LogP contribution in [0.5, 0.6) is 0 Å². The van der Waals surface area contributed by atoms with Crippen molar-refractivity contribution in [2.24, 2.45) is 0 Å². The van der Waals surface area contributed by atoms with Crippen molar-refractivity contribution >= 4 is 11.6 Å². The van der Waals surface area contributed by atoms with Gasteiger partial charge in [0, 0.05) is 18.1 Å². The third kappa shape index (κ3) is 2.73. The Labute approximate surface area is 97.8 Å². The summed E-state index contributed by atoms with van der Waals surface area (Å²) in [4.78, 5) is 0. The van der Waals surface area contributed by atoms with E-state index in [1.807, 2.05) is 13.8 Å². The van der Waals surface area contributed by atoms with E-state index in [1.54, 1.807) is 0 Å². The zero-order chi connectivity index (χ0) is 11.4. The molecule has 1 aromatic rings. The lowest BCUT2D eigenvalue weighted by Gasteiger charge is -2.10. The van der Waals surface area contributed by atoms with E-state index < -0.39 is 0 Å². The van der Waals surface area contributed by atoms with Crippen molar-refractivity contribution in [2.75, 3.05) is 0 Å². The van der Waals surface area contributed by atoms with Crippen LogP contribution < -0.4 is 5.32 Å². The van der Waals surface area contributed by atoms with Crippen molar-refractivity contribution in [2.45, 2.75) is 46.7 Å². The van der Waals surface area contributed by atoms with E-state index in [2.05, 4.69) is 31.3 Å². The first-order valence-electron chi connectivity index (χ1n) is 5.70. The minimum atomic E-state index is 0.512. The van der Waals surface area contributed by atoms with Gasteiger partial charge in [0.25, 0.3) is 0 Å². The van der Waals surface area contributed by atoms with Crippen LogP contribution in [0.3, 0.4) is 0 Å². The van der Waals surface area contributed by atoms with Crippen molar-refractivity contribution in [1.82, 2.24) is 5.32 Å². The molecule has 0 amide bonds. The molecule has 0 saturated carbocycles. The molecule has 0 radical (unpaired) electrons. The SMILES string of the molecule is CC.CC(C)c1cc2c(cc1Cl)CNC2. The summed E-state index contributed by atoms with van der Waals surface area (Å²) in [5.74, 6) is 0.512. The molecule has 0 unspecified atom stereocenters. The molecule has 0 fully saturated rings. The van der Waals surface area contributed by atoms with Crippen molar-refractivity contribution in [3.05, 3.63) is 33.8 Å². The highest BCUT2D eigenvalue weighted by Gasteiger charge is 2.14. The van der Waals surface area contributed by atoms with Crippen LogP contribution in [0, 0.1) is 0 Å². The predicted molar refractivity (Wildman–Crippen MR) is 67.4 cm³/mol. The average molecular weight is 226 g/mol. The highest BCUT2D eigenvalue weighted by atomic mass is 35.5. The second kappa shape index (κ2) is 5.53. The molecule has 2 heteroatoms. The molecule has 2 rings (SSSR count). The second-order valence-electron chi connectivity index (χ2n) is 3.90. The molecule has 84 valence electrons. The van der Waals surface area contributed by atoms with Gasteiger partial charge in [-0.3, -0.25) is 0 Å². The summed E-state index contributed by atoms with van der Waals surface area (Å²) in [6.07, 6.45) is 0. The summed E-state index contributed by atoms with van der Waals surface area (Å²) < 4.78 is 0. The Kier molecular flexibility index (Phi) is 4.62. The predicted octanol–water partition coefficient (Wildman–Crippen LogP) is 4.09. The highest BCUT2D eigenvalue weighted by molar-refractivity contribution is 6.31. The molecule has 0 saturated heterocycles. The van der Waals surface area contributed by atoms with E-state index in [0.29, 0.717) is 5.92 Å². The third-order valence-electron chi connectivity index (χ3n) is 2.57. The van der Waals surface area contributed by atoms with Gasteiger partial charge in [0.1, 0.15) is 0 Å². The van der Waals surface area contributed by atoms with Crippen molar-refractivity contribution in [3.63, 3.8) is 0 Å². The lowest BCUT2D eigenvalue weighted by atomic mass is 9.98. The molecule has 1 aliphatic heterocycles. The zero-order valence-electron chi connectivity index (χ0n) is 10.0. The number of nitrogens with one attached hydrogen (secondary N) is 1. The van der Waals surface area contributed by atoms with Crippen LogP contribution in [0.1, 0.15) is 50.3 Å². The van der Waals surface area contributed by atoms with Crippen LogP contribution in [0.2, 0.25) is 5.02 Å². The summed E-state index contributed by atoms with van der Waals surface area (Å²) >= 11 is 6.18. The smallest absolute Gasteiger partial charge is 0.0444 e. The summed E-state index contributed by atoms with van der Waals surface area (Å²) in [5.41, 5.74) is 4.03. The summed E-state index contributed by atoms with van der Waals surface area (Å²) in [7, 11) is 0. The van der Waals surface area contributed by atoms with Crippen molar-refractivity contribution < 1.29 is 0 Å². The lowest BCUT2D eigenvalue weighted by Crippen LogP contribution is -1.99. The van der Waals surface area contributed by atoms with Gasteiger partial charge in [-0.1, -0.05) is 45.4 Å². The van der Waals surface area contributed by atoms with Gasteiger partial charge < -0.3 is 5.32 Å². The van der Waals surface area contributed by atoms with E-state index in [-0.39, 0.29) is 0 Å². The van der Waals surface area contributed by atoms with Crippen molar-refractivity contribution in [1.29, 1.82) is 0 Å². The van der Waals surface area contributed by atoms with Gasteiger partial charge >= 0.3 is 0 Å². The third-order valence-corrected chi connectivity index (χ3v) is 2.90. The molecular formula is C13H20ClN. The topological polar surface area (TPSA) is 12.0 Å². The second-order valence-corrected chi connectivity index (χ2v) is 4.31. The van der Waals surface area contributed by atoms with Gasteiger partial charge in [0.15, 0.2) is 0 Å². The van der Waals surface area contributed by atoms with Crippen molar-refractivity contribution in [3.8, 4) is 0 Å². The van der Waals surface area contributed by atoms with Crippen LogP contribution >= 0.6 is 11.6 Å². The summed E-state index contributed by atoms with van der Waals surface area (Å²) in [5, 5.41) is 4.24. The number of hydrogen-bond donors (Lipinski definition) is 1. The summed E-state index contributed by atoms with van der Waals surface area (Å²) in [6.45, 7) is 10.3. The van der Waals surface area contributed by atoms with Gasteiger partial charge in [-0.05, 0) is 28.7 Å². The van der Waals surface area contributed by atoms with Gasteiger partial charge in [-0.25, -0.2) is 0 Å². The number of fused-ring (bicyclic) bond motifs is 1. The fourth-order valence-corrected chi connectivity index (χ4v) is 2.19. The quantitative estimate of drug-likeness (QED) is 0.759. The monoisotopic (exact) mass is 225 g/mol. The van der Waals surface area contributed by atoms with E-state index in [1.165, 1.54) is 16.7 Å². The minimum Gasteiger partial charge on any atom is -0.309 e. The molecule has 1 heterocycles. The van der Waals surface area contributed by atoms with Crippen LogP contribution in [0.25, 0.3) is 0 Å². The molecule has 15 heavy (non-hydrogen) atoms. The Morgan fingerprint density at radius 2 is 1.67 bits per heavy atom. The lowest BCUT2D eigenvalue weighted by molar-refractivity contribution is 0.764. The Morgan fingerprint density at radius 3 is 2.20 bits per heavy atom. The first-order chi connectivity index (χ1) is 7.18. The molecule has 0 atom stereocenters. The Bertz CT molecular complexity index is 332. The standard InChI is InChI=1S/C11H14ClN.C2H6/c1-7(2)10-3-8-5-13-6-9(8)4-11(10)12;1-2/h3-4,7,13H,5-6H2,1-2H3;1-2H3. The Hall–Kier alpha value is -0.530. The fourth-order valence-electron chi connectivity index (χ4n) is 1.78. The number of halogens is 1. The maximum absolute atomic E-state index is 6.18. The van der Waals surface area contributed by atoms with E-state index in [9.17, 15) is 0 Å². The van der Waals surface area contributed by atoms with Gasteiger partial charge in [-0.15, -0.1) is 0 Å². The summed E-state index contributed by atoms with van der Waals surface area (Å²) in [6, 6.07) is 4.34. The maximum atomic E-state index is 6.18. The molecule has 1 nitrogen and oxygen atoms in total. The van der Waals surface area contributed by atoms with Crippen LogP contribution in [0.4, 0.5) is 0 Å². The zero-order valence-corrected chi connectivity index (χ0v) is 10.8. The first kappa shape index (κ1) is 12.5. The Balaban J connectivity index is 0.000000531. The molecule has 0 aliphatic carbocycles. The van der Waals surface area contributed by atoms with Crippen LogP contribution in [0.15, 0.2) is 12.1 Å². The molecule has 0 aromatic heterocycles. The number of rotatable bonds is 1. The van der Waals surface area contributed by atoms with Crippen LogP contribution in [-0.4, -0.2) is 0 Å².